The number of hydrogen-bond acceptors (Lipinski definition) is 3. The molecular formula is C14H15NO3S. The molecule has 0 atom stereocenters. The van der Waals surface area contributed by atoms with E-state index < -0.39 is 10.0 Å². The van der Waals surface area contributed by atoms with Gasteiger partial charge in [-0.2, -0.15) is 0 Å². The van der Waals surface area contributed by atoms with Gasteiger partial charge in [0.15, 0.2) is 0 Å². The maximum absolute atomic E-state index is 12.3. The third-order valence-corrected chi connectivity index (χ3v) is 4.29. The Labute approximate surface area is 112 Å². The minimum atomic E-state index is -3.70. The Bertz CT molecular complexity index is 708. The van der Waals surface area contributed by atoms with Gasteiger partial charge < -0.3 is 5.11 Å². The van der Waals surface area contributed by atoms with Crippen LogP contribution >= 0.6 is 0 Å². The Hall–Kier alpha value is -2.01. The number of para-hydroxylation sites is 2. The van der Waals surface area contributed by atoms with E-state index in [0.29, 0.717) is 5.56 Å². The summed E-state index contributed by atoms with van der Waals surface area (Å²) in [6.07, 6.45) is 0. The molecule has 19 heavy (non-hydrogen) atoms. The van der Waals surface area contributed by atoms with E-state index in [1.807, 2.05) is 13.0 Å². The highest BCUT2D eigenvalue weighted by Gasteiger charge is 2.18. The molecule has 0 heterocycles. The van der Waals surface area contributed by atoms with E-state index in [9.17, 15) is 13.5 Å². The van der Waals surface area contributed by atoms with Crippen LogP contribution in [0.2, 0.25) is 0 Å². The maximum Gasteiger partial charge on any atom is 0.262 e. The van der Waals surface area contributed by atoms with E-state index in [2.05, 4.69) is 4.72 Å². The second-order valence-electron chi connectivity index (χ2n) is 4.39. The topological polar surface area (TPSA) is 66.4 Å². The molecule has 0 radical (unpaired) electrons. The number of rotatable bonds is 3. The highest BCUT2D eigenvalue weighted by molar-refractivity contribution is 7.92. The Morgan fingerprint density at radius 1 is 1.05 bits per heavy atom. The van der Waals surface area contributed by atoms with Crippen LogP contribution in [0.4, 0.5) is 5.69 Å². The first kappa shape index (κ1) is 13.4. The van der Waals surface area contributed by atoms with Crippen molar-refractivity contribution in [3.05, 3.63) is 53.6 Å². The minimum absolute atomic E-state index is 0.101. The van der Waals surface area contributed by atoms with Gasteiger partial charge in [-0.3, -0.25) is 4.72 Å². The van der Waals surface area contributed by atoms with Gasteiger partial charge in [0.25, 0.3) is 10.0 Å². The molecule has 0 saturated heterocycles. The lowest BCUT2D eigenvalue weighted by Crippen LogP contribution is -2.14. The second-order valence-corrected chi connectivity index (χ2v) is 6.04. The number of benzene rings is 2. The van der Waals surface area contributed by atoms with E-state index in [4.69, 9.17) is 0 Å². The van der Waals surface area contributed by atoms with Gasteiger partial charge in [-0.15, -0.1) is 0 Å². The van der Waals surface area contributed by atoms with E-state index in [1.54, 1.807) is 31.2 Å². The number of phenols is 1. The summed E-state index contributed by atoms with van der Waals surface area (Å²) >= 11 is 0. The van der Waals surface area contributed by atoms with Crippen LogP contribution in [0.5, 0.6) is 5.75 Å². The third kappa shape index (κ3) is 2.88. The monoisotopic (exact) mass is 277 g/mol. The molecule has 2 aromatic carbocycles. The molecule has 0 saturated carbocycles. The average molecular weight is 277 g/mol. The number of sulfonamides is 1. The van der Waals surface area contributed by atoms with Gasteiger partial charge in [0.2, 0.25) is 0 Å². The number of phenolic OH excluding ortho intramolecular Hbond substituents is 1. The summed E-state index contributed by atoms with van der Waals surface area (Å²) in [6, 6.07) is 11.4. The Morgan fingerprint density at radius 2 is 1.74 bits per heavy atom. The number of nitrogens with one attached hydrogen (secondary N) is 1. The van der Waals surface area contributed by atoms with Crippen LogP contribution in [-0.2, 0) is 10.0 Å². The van der Waals surface area contributed by atoms with E-state index in [0.717, 1.165) is 5.56 Å². The fourth-order valence-corrected chi connectivity index (χ4v) is 3.16. The Kier molecular flexibility index (Phi) is 3.48. The number of aryl methyl sites for hydroxylation is 2. The summed E-state index contributed by atoms with van der Waals surface area (Å²) in [5, 5.41) is 9.62. The van der Waals surface area contributed by atoms with Gasteiger partial charge in [-0.05, 0) is 43.2 Å². The average Bonchev–Trinajstić information content (AvgIpc) is 2.35. The highest BCUT2D eigenvalue weighted by Crippen LogP contribution is 2.26. The van der Waals surface area contributed by atoms with Gasteiger partial charge in [-0.25, -0.2) is 8.42 Å². The highest BCUT2D eigenvalue weighted by atomic mass is 32.2. The summed E-state index contributed by atoms with van der Waals surface area (Å²) in [7, 11) is -3.70. The maximum atomic E-state index is 12.3. The van der Waals surface area contributed by atoms with Crippen LogP contribution in [0.1, 0.15) is 11.1 Å². The fourth-order valence-electron chi connectivity index (χ4n) is 1.76. The van der Waals surface area contributed by atoms with Gasteiger partial charge in [-0.1, -0.05) is 24.3 Å². The molecule has 2 N–H and O–H groups in total. The summed E-state index contributed by atoms with van der Waals surface area (Å²) < 4.78 is 27.0. The molecule has 0 unspecified atom stereocenters. The van der Waals surface area contributed by atoms with E-state index in [-0.39, 0.29) is 16.3 Å². The molecule has 5 heteroatoms. The largest absolute Gasteiger partial charge is 0.506 e. The first-order valence-corrected chi connectivity index (χ1v) is 7.26. The SMILES string of the molecule is Cc1ccc(C)c(S(=O)(=O)Nc2ccccc2O)c1. The van der Waals surface area contributed by atoms with Gasteiger partial charge in [0.1, 0.15) is 5.75 Å². The lowest BCUT2D eigenvalue weighted by Gasteiger charge is -2.12. The smallest absolute Gasteiger partial charge is 0.262 e. The van der Waals surface area contributed by atoms with Crippen molar-refractivity contribution in [1.29, 1.82) is 0 Å². The lowest BCUT2D eigenvalue weighted by molar-refractivity contribution is 0.477. The molecule has 4 nitrogen and oxygen atoms in total. The zero-order chi connectivity index (χ0) is 14.0. The molecule has 0 fully saturated rings. The van der Waals surface area contributed by atoms with Crippen molar-refractivity contribution in [1.82, 2.24) is 0 Å². The van der Waals surface area contributed by atoms with Crippen LogP contribution in [0.25, 0.3) is 0 Å². The van der Waals surface area contributed by atoms with Crippen molar-refractivity contribution in [2.24, 2.45) is 0 Å². The van der Waals surface area contributed by atoms with Crippen LogP contribution in [0.15, 0.2) is 47.4 Å². The Morgan fingerprint density at radius 3 is 2.42 bits per heavy atom. The van der Waals surface area contributed by atoms with E-state index >= 15 is 0 Å². The molecular weight excluding hydrogens is 262 g/mol. The normalized spacial score (nSPS) is 11.3. The van der Waals surface area contributed by atoms with Crippen LogP contribution in [0, 0.1) is 13.8 Å². The third-order valence-electron chi connectivity index (χ3n) is 2.78. The van der Waals surface area contributed by atoms with Gasteiger partial charge in [0.05, 0.1) is 10.6 Å². The van der Waals surface area contributed by atoms with Crippen molar-refractivity contribution in [2.45, 2.75) is 18.7 Å². The van der Waals surface area contributed by atoms with Crippen molar-refractivity contribution in [3.63, 3.8) is 0 Å². The molecule has 0 aliphatic heterocycles. The van der Waals surface area contributed by atoms with Crippen molar-refractivity contribution < 1.29 is 13.5 Å². The van der Waals surface area contributed by atoms with Crippen LogP contribution < -0.4 is 4.72 Å². The fraction of sp³-hybridized carbons (Fsp3) is 0.143. The summed E-state index contributed by atoms with van der Waals surface area (Å²) in [6.45, 7) is 3.57. The van der Waals surface area contributed by atoms with Gasteiger partial charge >= 0.3 is 0 Å². The van der Waals surface area contributed by atoms with Crippen LogP contribution in [0.3, 0.4) is 0 Å². The predicted molar refractivity (Wildman–Crippen MR) is 74.8 cm³/mol. The zero-order valence-corrected chi connectivity index (χ0v) is 11.5. The van der Waals surface area contributed by atoms with Crippen molar-refractivity contribution >= 4 is 15.7 Å². The predicted octanol–water partition coefficient (Wildman–Crippen LogP) is 2.81. The van der Waals surface area contributed by atoms with Crippen LogP contribution in [-0.4, -0.2) is 13.5 Å². The first-order chi connectivity index (χ1) is 8.90. The second kappa shape index (κ2) is 4.93. The number of aromatic hydroxyl groups is 1. The molecule has 0 amide bonds. The molecule has 2 rings (SSSR count). The molecule has 0 bridgehead atoms. The molecule has 0 aromatic heterocycles. The molecule has 2 aromatic rings. The quantitative estimate of drug-likeness (QED) is 0.848. The lowest BCUT2D eigenvalue weighted by atomic mass is 10.2. The molecule has 0 aliphatic rings. The summed E-state index contributed by atoms with van der Waals surface area (Å²) in [4.78, 5) is 0.218. The Balaban J connectivity index is 2.44. The number of hydrogen-bond donors (Lipinski definition) is 2. The van der Waals surface area contributed by atoms with Crippen molar-refractivity contribution in [3.8, 4) is 5.75 Å². The summed E-state index contributed by atoms with van der Waals surface area (Å²) in [5.74, 6) is -0.101. The standard InChI is InChI=1S/C14H15NO3S/c1-10-7-8-11(2)14(9-10)19(17,18)15-12-5-3-4-6-13(12)16/h3-9,15-16H,1-2H3. The zero-order valence-electron chi connectivity index (χ0n) is 10.7. The van der Waals surface area contributed by atoms with Crippen molar-refractivity contribution in [2.75, 3.05) is 4.72 Å². The summed E-state index contributed by atoms with van der Waals surface area (Å²) in [5.41, 5.74) is 1.69. The van der Waals surface area contributed by atoms with Gasteiger partial charge in [0, 0.05) is 0 Å². The van der Waals surface area contributed by atoms with E-state index in [1.165, 1.54) is 12.1 Å². The molecule has 100 valence electrons. The number of anilines is 1. The molecule has 0 aliphatic carbocycles. The molecule has 0 spiro atoms. The minimum Gasteiger partial charge on any atom is -0.506 e. The first-order valence-electron chi connectivity index (χ1n) is 5.78.